The van der Waals surface area contributed by atoms with Crippen molar-refractivity contribution in [3.05, 3.63) is 65.1 Å². The number of hydrogen-bond acceptors (Lipinski definition) is 8. The molecule has 1 fully saturated rings. The van der Waals surface area contributed by atoms with E-state index in [4.69, 9.17) is 4.74 Å². The fourth-order valence-electron chi connectivity index (χ4n) is 5.55. The number of methoxy groups -OCH3 is 1. The van der Waals surface area contributed by atoms with Gasteiger partial charge in [0.2, 0.25) is 17.7 Å². The van der Waals surface area contributed by atoms with E-state index in [1.165, 1.54) is 30.3 Å². The van der Waals surface area contributed by atoms with E-state index in [9.17, 15) is 24.0 Å². The van der Waals surface area contributed by atoms with E-state index in [2.05, 4.69) is 15.6 Å². The van der Waals surface area contributed by atoms with Crippen LogP contribution in [0.3, 0.4) is 0 Å². The molecule has 3 aliphatic rings. The van der Waals surface area contributed by atoms with Gasteiger partial charge < -0.3 is 15.0 Å². The molecule has 1 unspecified atom stereocenters. The third-order valence-electron chi connectivity index (χ3n) is 7.64. The Hall–Kier alpha value is -5.13. The largest absolute Gasteiger partial charge is 0.479 e. The highest BCUT2D eigenvalue weighted by Gasteiger charge is 2.45. The van der Waals surface area contributed by atoms with Crippen molar-refractivity contribution in [2.45, 2.75) is 31.7 Å². The topological polar surface area (TPSA) is 138 Å². The van der Waals surface area contributed by atoms with Crippen LogP contribution in [0.1, 0.15) is 45.5 Å². The molecule has 6 rings (SSSR count). The number of nitrogens with one attached hydrogen (secondary N) is 2. The van der Waals surface area contributed by atoms with Gasteiger partial charge in [-0.25, -0.2) is 9.37 Å². The van der Waals surface area contributed by atoms with Gasteiger partial charge in [0.1, 0.15) is 6.04 Å². The first-order valence-corrected chi connectivity index (χ1v) is 12.9. The van der Waals surface area contributed by atoms with Crippen LogP contribution in [0.2, 0.25) is 0 Å². The maximum atomic E-state index is 15.5. The number of hydrogen-bond donors (Lipinski definition) is 2. The number of imide groups is 2. The molecule has 12 heteroatoms. The van der Waals surface area contributed by atoms with Gasteiger partial charge in [-0.2, -0.15) is 0 Å². The maximum Gasteiger partial charge on any atom is 0.264 e. The Balaban J connectivity index is 1.46. The quantitative estimate of drug-likeness (QED) is 0.457. The number of ether oxygens (including phenoxy) is 1. The third-order valence-corrected chi connectivity index (χ3v) is 7.64. The van der Waals surface area contributed by atoms with Crippen LogP contribution in [-0.2, 0) is 20.8 Å². The van der Waals surface area contributed by atoms with Gasteiger partial charge in [-0.15, -0.1) is 0 Å². The Morgan fingerprint density at radius 1 is 0.976 bits per heavy atom. The summed E-state index contributed by atoms with van der Waals surface area (Å²) in [7, 11) is 2.96. The summed E-state index contributed by atoms with van der Waals surface area (Å²) in [6.07, 6.45) is 2.20. The van der Waals surface area contributed by atoms with Crippen LogP contribution in [-0.4, -0.2) is 59.6 Å². The second-order valence-electron chi connectivity index (χ2n) is 9.96. The summed E-state index contributed by atoms with van der Waals surface area (Å²) in [6.45, 7) is 0. The number of pyridine rings is 1. The van der Waals surface area contributed by atoms with Crippen molar-refractivity contribution in [1.29, 1.82) is 0 Å². The second-order valence-corrected chi connectivity index (χ2v) is 9.96. The molecule has 3 aliphatic heterocycles. The van der Waals surface area contributed by atoms with Crippen molar-refractivity contribution in [2.75, 3.05) is 24.4 Å². The molecule has 1 atom stereocenters. The number of amides is 5. The maximum absolute atomic E-state index is 15.5. The lowest BCUT2D eigenvalue weighted by molar-refractivity contribution is -0.136. The molecule has 1 aromatic heterocycles. The zero-order chi connectivity index (χ0) is 29.0. The summed E-state index contributed by atoms with van der Waals surface area (Å²) in [5, 5.41) is 5.38. The summed E-state index contributed by atoms with van der Waals surface area (Å²) < 4.78 is 20.5. The van der Waals surface area contributed by atoms with Gasteiger partial charge in [0.25, 0.3) is 17.7 Å². The van der Waals surface area contributed by atoms with Crippen molar-refractivity contribution in [3.63, 3.8) is 0 Å². The Kier molecular flexibility index (Phi) is 6.24. The number of aryl methyl sites for hydroxylation is 1. The first kappa shape index (κ1) is 26.1. The second kappa shape index (κ2) is 9.81. The van der Waals surface area contributed by atoms with Crippen molar-refractivity contribution in [3.8, 4) is 17.0 Å². The molecule has 1 saturated heterocycles. The molecular formula is C29H24FN5O6. The Morgan fingerprint density at radius 2 is 1.78 bits per heavy atom. The average Bonchev–Trinajstić information content (AvgIpc) is 3.21. The molecule has 0 bridgehead atoms. The van der Waals surface area contributed by atoms with Crippen LogP contribution >= 0.6 is 0 Å². The number of nitrogens with zero attached hydrogens (tertiary/aromatic N) is 3. The van der Waals surface area contributed by atoms with Crippen molar-refractivity contribution in [1.82, 2.24) is 15.2 Å². The summed E-state index contributed by atoms with van der Waals surface area (Å²) in [4.78, 5) is 69.9. The molecule has 11 nitrogen and oxygen atoms in total. The molecular weight excluding hydrogens is 533 g/mol. The fourth-order valence-corrected chi connectivity index (χ4v) is 5.55. The van der Waals surface area contributed by atoms with Crippen LogP contribution in [0.15, 0.2) is 42.6 Å². The normalized spacial score (nSPS) is 18.3. The van der Waals surface area contributed by atoms with E-state index in [0.717, 1.165) is 10.5 Å². The van der Waals surface area contributed by atoms with Crippen molar-refractivity contribution < 1.29 is 33.1 Å². The number of anilines is 3. The van der Waals surface area contributed by atoms with Gasteiger partial charge in [-0.1, -0.05) is 6.07 Å². The number of piperidine rings is 1. The molecule has 2 aromatic carbocycles. The van der Waals surface area contributed by atoms with Gasteiger partial charge in [-0.3, -0.25) is 34.2 Å². The molecule has 41 heavy (non-hydrogen) atoms. The third kappa shape index (κ3) is 4.19. The Labute approximate surface area is 233 Å². The van der Waals surface area contributed by atoms with Gasteiger partial charge in [-0.05, 0) is 48.7 Å². The number of carbonyl (C=O) groups is 5. The molecule has 4 heterocycles. The first-order valence-electron chi connectivity index (χ1n) is 12.9. The average molecular weight is 558 g/mol. The van der Waals surface area contributed by atoms with E-state index >= 15 is 4.39 Å². The molecule has 0 radical (unpaired) electrons. The molecule has 2 N–H and O–H groups in total. The Morgan fingerprint density at radius 3 is 2.54 bits per heavy atom. The minimum absolute atomic E-state index is 0.000597. The van der Waals surface area contributed by atoms with Crippen LogP contribution in [0, 0.1) is 5.82 Å². The molecule has 5 amide bonds. The minimum Gasteiger partial charge on any atom is -0.479 e. The standard InChI is InChI=1S/C29H24FN5O6/c1-34-21-13-19(17(12-14(21)6-9-23(34)37)15-10-11-31-27(41-2)25(15)30)32-18-5-3-4-16-24(18)29(40)35(28(16)39)20-7-8-22(36)33-26(20)38/h3-5,10-13,20,32H,6-9H2,1-2H3,(H,33,36,38). The van der Waals surface area contributed by atoms with Crippen molar-refractivity contribution in [2.24, 2.45) is 0 Å². The highest BCUT2D eigenvalue weighted by atomic mass is 19.1. The van der Waals surface area contributed by atoms with Crippen LogP contribution in [0.25, 0.3) is 11.1 Å². The van der Waals surface area contributed by atoms with Crippen LogP contribution in [0.5, 0.6) is 5.88 Å². The number of fused-ring (bicyclic) bond motifs is 2. The zero-order valence-electron chi connectivity index (χ0n) is 22.1. The summed E-state index contributed by atoms with van der Waals surface area (Å²) >= 11 is 0. The van der Waals surface area contributed by atoms with Crippen LogP contribution in [0.4, 0.5) is 21.5 Å². The number of aromatic nitrogens is 1. The minimum atomic E-state index is -1.12. The molecule has 0 aliphatic carbocycles. The highest BCUT2D eigenvalue weighted by Crippen LogP contribution is 2.42. The van der Waals surface area contributed by atoms with E-state index in [0.29, 0.717) is 29.8 Å². The highest BCUT2D eigenvalue weighted by molar-refractivity contribution is 6.25. The lowest BCUT2D eigenvalue weighted by atomic mass is 9.94. The predicted octanol–water partition coefficient (Wildman–Crippen LogP) is 2.95. The predicted molar refractivity (Wildman–Crippen MR) is 144 cm³/mol. The van der Waals surface area contributed by atoms with Crippen molar-refractivity contribution >= 4 is 46.6 Å². The van der Waals surface area contributed by atoms with Gasteiger partial charge in [0.15, 0.2) is 5.82 Å². The molecule has 0 saturated carbocycles. The fraction of sp³-hybridized carbons (Fsp3) is 0.241. The van der Waals surface area contributed by atoms with Gasteiger partial charge in [0, 0.05) is 48.6 Å². The summed E-state index contributed by atoms with van der Waals surface area (Å²) in [5.41, 5.74) is 2.82. The number of rotatable bonds is 5. The molecule has 208 valence electrons. The monoisotopic (exact) mass is 557 g/mol. The zero-order valence-corrected chi connectivity index (χ0v) is 22.1. The SMILES string of the molecule is COc1nccc(-c2cc3c(cc2Nc2cccc4c2C(=O)N(C2CCC(=O)NC2=O)C4=O)N(C)C(=O)CC3)c1F. The van der Waals surface area contributed by atoms with Crippen LogP contribution < -0.4 is 20.3 Å². The smallest absolute Gasteiger partial charge is 0.264 e. The van der Waals surface area contributed by atoms with E-state index in [-0.39, 0.29) is 47.0 Å². The first-order chi connectivity index (χ1) is 19.7. The van der Waals surface area contributed by atoms with E-state index in [1.54, 1.807) is 31.3 Å². The molecule has 0 spiro atoms. The number of halogens is 1. The lowest BCUT2D eigenvalue weighted by Gasteiger charge is -2.28. The Bertz CT molecular complexity index is 1690. The van der Waals surface area contributed by atoms with Gasteiger partial charge >= 0.3 is 0 Å². The summed E-state index contributed by atoms with van der Waals surface area (Å²) in [5.74, 6) is -3.47. The molecule has 3 aromatic rings. The lowest BCUT2D eigenvalue weighted by Crippen LogP contribution is -2.54. The van der Waals surface area contributed by atoms with E-state index in [1.807, 2.05) is 0 Å². The number of carbonyl (C=O) groups excluding carboxylic acids is 5. The summed E-state index contributed by atoms with van der Waals surface area (Å²) in [6, 6.07) is 8.53. The van der Waals surface area contributed by atoms with E-state index < -0.39 is 35.5 Å². The number of benzene rings is 2. The van der Waals surface area contributed by atoms with Gasteiger partial charge in [0.05, 0.1) is 23.9 Å².